The van der Waals surface area contributed by atoms with E-state index in [1.165, 1.54) is 12.5 Å². The molecule has 0 heterocycles. The van der Waals surface area contributed by atoms with Gasteiger partial charge < -0.3 is 5.32 Å². The van der Waals surface area contributed by atoms with E-state index in [1.807, 2.05) is 0 Å². The molecule has 2 atom stereocenters. The van der Waals surface area contributed by atoms with Crippen molar-refractivity contribution in [1.29, 1.82) is 0 Å². The Morgan fingerprint density at radius 2 is 1.95 bits per heavy atom. The van der Waals surface area contributed by atoms with Crippen LogP contribution in [-0.4, -0.2) is 12.6 Å². The van der Waals surface area contributed by atoms with Crippen molar-refractivity contribution in [3.05, 3.63) is 34.6 Å². The fourth-order valence-electron chi connectivity index (χ4n) is 3.11. The zero-order valence-electron chi connectivity index (χ0n) is 14.0. The Hall–Kier alpha value is -0.600. The SMILES string of the molecule is CCNC(Cc1cc(F)ccc1Cl)CC(C)CC(C)(C)C. The number of hydrogen-bond donors (Lipinski definition) is 1. The zero-order valence-corrected chi connectivity index (χ0v) is 14.7. The molecule has 0 fully saturated rings. The molecule has 0 saturated carbocycles. The Morgan fingerprint density at radius 1 is 1.29 bits per heavy atom. The predicted molar refractivity (Wildman–Crippen MR) is 90.4 cm³/mol. The number of nitrogens with one attached hydrogen (secondary N) is 1. The van der Waals surface area contributed by atoms with Gasteiger partial charge >= 0.3 is 0 Å². The van der Waals surface area contributed by atoms with E-state index < -0.39 is 0 Å². The fraction of sp³-hybridized carbons (Fsp3) is 0.667. The van der Waals surface area contributed by atoms with Crippen LogP contribution in [0.15, 0.2) is 18.2 Å². The summed E-state index contributed by atoms with van der Waals surface area (Å²) in [6.45, 7) is 12.1. The van der Waals surface area contributed by atoms with E-state index in [0.717, 1.165) is 24.9 Å². The first-order valence-electron chi connectivity index (χ1n) is 7.88. The standard InChI is InChI=1S/C18H29ClFN/c1-6-21-16(9-13(2)12-18(3,4)5)11-14-10-15(20)7-8-17(14)19/h7-8,10,13,16,21H,6,9,11-12H2,1-5H3. The molecule has 0 spiro atoms. The van der Waals surface area contributed by atoms with Crippen molar-refractivity contribution in [1.82, 2.24) is 5.32 Å². The molecular weight excluding hydrogens is 285 g/mol. The molecule has 21 heavy (non-hydrogen) atoms. The van der Waals surface area contributed by atoms with E-state index >= 15 is 0 Å². The van der Waals surface area contributed by atoms with Gasteiger partial charge in [0.25, 0.3) is 0 Å². The molecule has 1 nitrogen and oxygen atoms in total. The minimum atomic E-state index is -0.215. The minimum Gasteiger partial charge on any atom is -0.314 e. The first kappa shape index (κ1) is 18.4. The van der Waals surface area contributed by atoms with Crippen LogP contribution in [0.5, 0.6) is 0 Å². The second kappa shape index (κ2) is 8.14. The lowest BCUT2D eigenvalue weighted by Crippen LogP contribution is -2.33. The summed E-state index contributed by atoms with van der Waals surface area (Å²) in [5, 5.41) is 4.17. The Labute approximate surface area is 134 Å². The molecule has 0 amide bonds. The van der Waals surface area contributed by atoms with Crippen LogP contribution in [0.1, 0.15) is 53.0 Å². The Bertz CT molecular complexity index is 439. The molecular formula is C18H29ClFN. The number of halogens is 2. The van der Waals surface area contributed by atoms with Crippen molar-refractivity contribution in [3.63, 3.8) is 0 Å². The molecule has 0 aliphatic rings. The highest BCUT2D eigenvalue weighted by atomic mass is 35.5. The van der Waals surface area contributed by atoms with Gasteiger partial charge in [0.15, 0.2) is 0 Å². The van der Waals surface area contributed by atoms with Crippen molar-refractivity contribution in [2.24, 2.45) is 11.3 Å². The quantitative estimate of drug-likeness (QED) is 0.704. The second-order valence-electron chi connectivity index (χ2n) is 7.30. The average molecular weight is 314 g/mol. The third kappa shape index (κ3) is 7.28. The number of benzene rings is 1. The molecule has 0 radical (unpaired) electrons. The monoisotopic (exact) mass is 313 g/mol. The molecule has 2 unspecified atom stereocenters. The van der Waals surface area contributed by atoms with Crippen LogP contribution in [0.25, 0.3) is 0 Å². The van der Waals surface area contributed by atoms with Crippen LogP contribution in [-0.2, 0) is 6.42 Å². The van der Waals surface area contributed by atoms with E-state index in [0.29, 0.717) is 22.4 Å². The van der Waals surface area contributed by atoms with Crippen LogP contribution in [0.3, 0.4) is 0 Å². The van der Waals surface area contributed by atoms with E-state index in [4.69, 9.17) is 11.6 Å². The van der Waals surface area contributed by atoms with Crippen LogP contribution < -0.4 is 5.32 Å². The Morgan fingerprint density at radius 3 is 2.52 bits per heavy atom. The summed E-state index contributed by atoms with van der Waals surface area (Å²) in [6.07, 6.45) is 3.04. The van der Waals surface area contributed by atoms with Crippen molar-refractivity contribution in [2.75, 3.05) is 6.54 Å². The topological polar surface area (TPSA) is 12.0 Å². The summed E-state index contributed by atoms with van der Waals surface area (Å²) in [7, 11) is 0. The van der Waals surface area contributed by atoms with E-state index in [-0.39, 0.29) is 5.82 Å². The maximum absolute atomic E-state index is 13.4. The van der Waals surface area contributed by atoms with E-state index in [9.17, 15) is 4.39 Å². The molecule has 120 valence electrons. The van der Waals surface area contributed by atoms with Gasteiger partial charge in [0, 0.05) is 11.1 Å². The summed E-state index contributed by atoms with van der Waals surface area (Å²) in [6, 6.07) is 4.96. The molecule has 0 saturated heterocycles. The first-order valence-corrected chi connectivity index (χ1v) is 8.26. The van der Waals surface area contributed by atoms with Gasteiger partial charge in [-0.05, 0) is 60.9 Å². The molecule has 0 bridgehead atoms. The predicted octanol–water partition coefficient (Wildman–Crippen LogP) is 5.46. The van der Waals surface area contributed by atoms with Gasteiger partial charge in [0.2, 0.25) is 0 Å². The molecule has 1 N–H and O–H groups in total. The van der Waals surface area contributed by atoms with Gasteiger partial charge in [-0.1, -0.05) is 46.2 Å². The van der Waals surface area contributed by atoms with Gasteiger partial charge in [-0.15, -0.1) is 0 Å². The largest absolute Gasteiger partial charge is 0.314 e. The third-order valence-corrected chi connectivity index (χ3v) is 3.98. The fourth-order valence-corrected chi connectivity index (χ4v) is 3.30. The van der Waals surface area contributed by atoms with Gasteiger partial charge in [0.1, 0.15) is 5.82 Å². The summed E-state index contributed by atoms with van der Waals surface area (Å²) >= 11 is 6.19. The van der Waals surface area contributed by atoms with E-state index in [1.54, 1.807) is 12.1 Å². The number of hydrogen-bond acceptors (Lipinski definition) is 1. The lowest BCUT2D eigenvalue weighted by molar-refractivity contribution is 0.275. The maximum Gasteiger partial charge on any atom is 0.123 e. The maximum atomic E-state index is 13.4. The van der Waals surface area contributed by atoms with Gasteiger partial charge in [-0.25, -0.2) is 4.39 Å². The molecule has 1 aromatic rings. The number of rotatable bonds is 7. The van der Waals surface area contributed by atoms with Gasteiger partial charge in [-0.2, -0.15) is 0 Å². The molecule has 1 rings (SSSR count). The van der Waals surface area contributed by atoms with Crippen molar-refractivity contribution < 1.29 is 4.39 Å². The van der Waals surface area contributed by atoms with Gasteiger partial charge in [-0.3, -0.25) is 0 Å². The third-order valence-electron chi connectivity index (χ3n) is 3.61. The highest BCUT2D eigenvalue weighted by Gasteiger charge is 2.19. The van der Waals surface area contributed by atoms with Crippen molar-refractivity contribution >= 4 is 11.6 Å². The highest BCUT2D eigenvalue weighted by Crippen LogP contribution is 2.28. The lowest BCUT2D eigenvalue weighted by Gasteiger charge is -2.27. The van der Waals surface area contributed by atoms with Crippen molar-refractivity contribution in [3.8, 4) is 0 Å². The summed E-state index contributed by atoms with van der Waals surface area (Å²) in [5.41, 5.74) is 1.23. The van der Waals surface area contributed by atoms with E-state index in [2.05, 4.69) is 39.9 Å². The Kier molecular flexibility index (Phi) is 7.15. The Balaban J connectivity index is 2.71. The second-order valence-corrected chi connectivity index (χ2v) is 7.71. The summed E-state index contributed by atoms with van der Waals surface area (Å²) in [5.74, 6) is 0.411. The zero-order chi connectivity index (χ0) is 16.0. The van der Waals surface area contributed by atoms with Crippen LogP contribution >= 0.6 is 11.6 Å². The molecule has 3 heteroatoms. The summed E-state index contributed by atoms with van der Waals surface area (Å²) < 4.78 is 13.4. The van der Waals surface area contributed by atoms with Crippen LogP contribution in [0.2, 0.25) is 5.02 Å². The molecule has 0 aliphatic heterocycles. The van der Waals surface area contributed by atoms with Crippen LogP contribution in [0.4, 0.5) is 4.39 Å². The molecule has 0 aromatic heterocycles. The molecule has 0 aliphatic carbocycles. The minimum absolute atomic E-state index is 0.215. The van der Waals surface area contributed by atoms with Crippen LogP contribution in [0, 0.1) is 17.2 Å². The summed E-state index contributed by atoms with van der Waals surface area (Å²) in [4.78, 5) is 0. The van der Waals surface area contributed by atoms with Crippen molar-refractivity contribution in [2.45, 2.75) is 59.9 Å². The smallest absolute Gasteiger partial charge is 0.123 e. The lowest BCUT2D eigenvalue weighted by atomic mass is 9.82. The number of likely N-dealkylation sites (N-methyl/N-ethyl adjacent to an activating group) is 1. The normalized spacial score (nSPS) is 15.0. The molecule has 1 aromatic carbocycles. The highest BCUT2D eigenvalue weighted by molar-refractivity contribution is 6.31. The average Bonchev–Trinajstić information content (AvgIpc) is 2.31. The first-order chi connectivity index (χ1) is 9.71. The van der Waals surface area contributed by atoms with Gasteiger partial charge in [0.05, 0.1) is 0 Å².